The van der Waals surface area contributed by atoms with Crippen molar-refractivity contribution < 1.29 is 0 Å². The van der Waals surface area contributed by atoms with E-state index >= 15 is 0 Å². The van der Waals surface area contributed by atoms with Crippen LogP contribution in [0.1, 0.15) is 0 Å². The van der Waals surface area contributed by atoms with E-state index in [-0.39, 0.29) is 0 Å². The van der Waals surface area contributed by atoms with Crippen molar-refractivity contribution in [3.63, 3.8) is 0 Å². The molecule has 0 aliphatic carbocycles. The van der Waals surface area contributed by atoms with Crippen LogP contribution in [0.25, 0.3) is 22.3 Å². The molecule has 0 bridgehead atoms. The maximum atomic E-state index is 5.88. The topological polar surface area (TPSA) is 34.0 Å². The van der Waals surface area contributed by atoms with Crippen LogP contribution in [-0.2, 0) is 7.05 Å². The van der Waals surface area contributed by atoms with Crippen LogP contribution < -0.4 is 4.81 Å². The number of rotatable bonds is 2. The molecule has 3 rings (SSSR count). The van der Waals surface area contributed by atoms with E-state index in [9.17, 15) is 0 Å². The second kappa shape index (κ2) is 4.87. The summed E-state index contributed by atoms with van der Waals surface area (Å²) in [6.45, 7) is 0. The third kappa shape index (κ3) is 1.96. The first-order valence-corrected chi connectivity index (χ1v) is 6.62. The molecule has 98 valence electrons. The van der Waals surface area contributed by atoms with Crippen molar-refractivity contribution in [2.24, 2.45) is 7.05 Å². The number of fused-ring (bicyclic) bond motifs is 1. The zero-order valence-corrected chi connectivity index (χ0v) is 12.2. The molecule has 0 fully saturated rings. The molecule has 0 aliphatic heterocycles. The summed E-state index contributed by atoms with van der Waals surface area (Å²) < 4.78 is 1.93. The van der Waals surface area contributed by atoms with Gasteiger partial charge in [-0.25, -0.2) is 9.97 Å². The minimum absolute atomic E-state index is 0.636. The predicted molar refractivity (Wildman–Crippen MR) is 85.4 cm³/mol. The number of hydrogen-bond acceptors (Lipinski definition) is 4. The van der Waals surface area contributed by atoms with Crippen molar-refractivity contribution in [2.75, 3.05) is 11.9 Å². The number of imidazole rings is 1. The van der Waals surface area contributed by atoms with Gasteiger partial charge in [0, 0.05) is 12.6 Å². The number of thiol groups is 1. The van der Waals surface area contributed by atoms with E-state index in [0.29, 0.717) is 5.82 Å². The molecule has 2 radical (unpaired) electrons. The van der Waals surface area contributed by atoms with Gasteiger partial charge in [0.1, 0.15) is 11.3 Å². The lowest BCUT2D eigenvalue weighted by Crippen LogP contribution is -2.14. The van der Waals surface area contributed by atoms with Crippen LogP contribution in [0.3, 0.4) is 0 Å². The Labute approximate surface area is 124 Å². The minimum atomic E-state index is 0.636. The van der Waals surface area contributed by atoms with Gasteiger partial charge in [-0.2, -0.15) is 0 Å². The van der Waals surface area contributed by atoms with Crippen molar-refractivity contribution in [2.45, 2.75) is 4.90 Å². The van der Waals surface area contributed by atoms with E-state index < -0.39 is 0 Å². The quantitative estimate of drug-likeness (QED) is 0.578. The van der Waals surface area contributed by atoms with E-state index in [0.717, 1.165) is 27.2 Å². The highest BCUT2D eigenvalue weighted by molar-refractivity contribution is 7.80. The minimum Gasteiger partial charge on any atom is -0.411 e. The lowest BCUT2D eigenvalue weighted by Gasteiger charge is -2.16. The lowest BCUT2D eigenvalue weighted by atomic mass is 10.1. The van der Waals surface area contributed by atoms with Gasteiger partial charge in [0.25, 0.3) is 0 Å². The summed E-state index contributed by atoms with van der Waals surface area (Å²) >= 11 is 4.64. The van der Waals surface area contributed by atoms with Gasteiger partial charge < -0.3 is 9.38 Å². The molecule has 0 saturated heterocycles. The van der Waals surface area contributed by atoms with E-state index in [2.05, 4.69) is 22.6 Å². The zero-order valence-electron chi connectivity index (χ0n) is 11.3. The average molecular weight is 280 g/mol. The summed E-state index contributed by atoms with van der Waals surface area (Å²) in [7, 11) is 9.57. The molecule has 0 unspecified atom stereocenters. The number of hydrogen-bond donors (Lipinski definition) is 1. The Morgan fingerprint density at radius 3 is 2.60 bits per heavy atom. The predicted octanol–water partition coefficient (Wildman–Crippen LogP) is 2.44. The third-order valence-corrected chi connectivity index (χ3v) is 3.62. The van der Waals surface area contributed by atoms with Gasteiger partial charge in [0.05, 0.1) is 22.4 Å². The zero-order chi connectivity index (χ0) is 14.3. The van der Waals surface area contributed by atoms with Crippen LogP contribution in [-0.4, -0.2) is 29.6 Å². The first kappa shape index (κ1) is 13.1. The molecular weight excluding hydrogens is 267 g/mol. The van der Waals surface area contributed by atoms with Crippen molar-refractivity contribution in [3.8, 4) is 11.3 Å². The summed E-state index contributed by atoms with van der Waals surface area (Å²) in [5.74, 6) is 0.636. The van der Waals surface area contributed by atoms with Crippen LogP contribution in [0, 0.1) is 0 Å². The highest BCUT2D eigenvalue weighted by Crippen LogP contribution is 2.34. The summed E-state index contributed by atoms with van der Waals surface area (Å²) in [5.41, 5.74) is 3.48. The fourth-order valence-corrected chi connectivity index (χ4v) is 2.68. The molecule has 0 N–H and O–H groups in total. The molecule has 0 spiro atoms. The fraction of sp³-hybridized carbons (Fsp3) is 0.143. The monoisotopic (exact) mass is 280 g/mol. The summed E-state index contributed by atoms with van der Waals surface area (Å²) in [4.78, 5) is 11.3. The van der Waals surface area contributed by atoms with Crippen LogP contribution in [0.5, 0.6) is 0 Å². The van der Waals surface area contributed by atoms with Gasteiger partial charge in [0.15, 0.2) is 0 Å². The summed E-state index contributed by atoms with van der Waals surface area (Å²) in [6, 6.07) is 9.93. The Morgan fingerprint density at radius 1 is 1.25 bits per heavy atom. The Kier molecular flexibility index (Phi) is 3.18. The van der Waals surface area contributed by atoms with E-state index in [1.54, 1.807) is 13.4 Å². The molecule has 0 amide bonds. The van der Waals surface area contributed by atoms with E-state index in [4.69, 9.17) is 7.98 Å². The SMILES string of the molecule is [B]N(C)c1nc(-c2ccccc2)c(S)c2c1ncn2C. The molecular formula is C14H13BN4S. The highest BCUT2D eigenvalue weighted by atomic mass is 32.1. The second-order valence-electron chi connectivity index (χ2n) is 4.66. The third-order valence-electron chi connectivity index (χ3n) is 3.20. The molecule has 4 nitrogen and oxygen atoms in total. The second-order valence-corrected chi connectivity index (χ2v) is 5.11. The normalized spacial score (nSPS) is 10.9. The summed E-state index contributed by atoms with van der Waals surface area (Å²) in [6.07, 6.45) is 1.74. The molecule has 0 aliphatic rings. The Morgan fingerprint density at radius 2 is 1.95 bits per heavy atom. The van der Waals surface area contributed by atoms with Crippen molar-refractivity contribution in [1.29, 1.82) is 0 Å². The van der Waals surface area contributed by atoms with Gasteiger partial charge in [-0.05, 0) is 7.05 Å². The molecule has 3 aromatic rings. The summed E-state index contributed by atoms with van der Waals surface area (Å²) in [5, 5.41) is 0. The molecule has 1 aromatic carbocycles. The number of aromatic nitrogens is 3. The van der Waals surface area contributed by atoms with E-state index in [1.165, 1.54) is 4.81 Å². The van der Waals surface area contributed by atoms with Crippen LogP contribution in [0.15, 0.2) is 41.6 Å². The smallest absolute Gasteiger partial charge is 0.228 e. The average Bonchev–Trinajstić information content (AvgIpc) is 2.82. The first-order valence-electron chi connectivity index (χ1n) is 6.17. The number of benzene rings is 1. The first-order chi connectivity index (χ1) is 9.59. The highest BCUT2D eigenvalue weighted by Gasteiger charge is 2.17. The van der Waals surface area contributed by atoms with Crippen molar-refractivity contribution >= 4 is 37.5 Å². The maximum Gasteiger partial charge on any atom is 0.228 e. The molecule has 20 heavy (non-hydrogen) atoms. The van der Waals surface area contributed by atoms with Gasteiger partial charge in [0.2, 0.25) is 7.98 Å². The van der Waals surface area contributed by atoms with Crippen molar-refractivity contribution in [3.05, 3.63) is 36.7 Å². The fourth-order valence-electron chi connectivity index (χ4n) is 2.24. The number of anilines is 1. The lowest BCUT2D eigenvalue weighted by molar-refractivity contribution is 0.938. The number of aryl methyl sites for hydroxylation is 1. The maximum absolute atomic E-state index is 5.88. The largest absolute Gasteiger partial charge is 0.411 e. The van der Waals surface area contributed by atoms with Gasteiger partial charge >= 0.3 is 0 Å². The molecule has 0 saturated carbocycles. The molecule has 0 atom stereocenters. The standard InChI is InChI=1S/C14H13BN4S/c1-18-8-16-11-12(18)13(20)10(17-14(11)19(2)15)9-6-4-3-5-7-9/h3-8,20H,1-2H3. The Balaban J connectivity index is 2.39. The van der Waals surface area contributed by atoms with E-state index in [1.807, 2.05) is 41.9 Å². The van der Waals surface area contributed by atoms with Gasteiger partial charge in [-0.3, -0.25) is 0 Å². The Bertz CT molecular complexity index is 768. The van der Waals surface area contributed by atoms with Gasteiger partial charge in [-0.1, -0.05) is 30.3 Å². The van der Waals surface area contributed by atoms with Crippen molar-refractivity contribution in [1.82, 2.24) is 14.5 Å². The molecule has 2 heterocycles. The number of pyridine rings is 1. The number of nitrogens with zero attached hydrogens (tertiary/aromatic N) is 4. The van der Waals surface area contributed by atoms with Crippen LogP contribution >= 0.6 is 12.6 Å². The van der Waals surface area contributed by atoms with Crippen LogP contribution in [0.4, 0.5) is 5.82 Å². The molecule has 6 heteroatoms. The molecule has 2 aromatic heterocycles. The van der Waals surface area contributed by atoms with Gasteiger partial charge in [-0.15, -0.1) is 12.6 Å². The Hall–Kier alpha value is -1.95. The van der Waals surface area contributed by atoms with Crippen LogP contribution in [0.2, 0.25) is 0 Å².